The van der Waals surface area contributed by atoms with Crippen molar-refractivity contribution in [2.24, 2.45) is 0 Å². The summed E-state index contributed by atoms with van der Waals surface area (Å²) in [6, 6.07) is 12.4. The third-order valence-electron chi connectivity index (χ3n) is 5.26. The summed E-state index contributed by atoms with van der Waals surface area (Å²) in [7, 11) is 1.42. The van der Waals surface area contributed by atoms with Gasteiger partial charge in [-0.25, -0.2) is 4.98 Å². The molecule has 3 amide bonds. The normalized spacial score (nSPS) is 14.1. The Balaban J connectivity index is 1.45. The second-order valence-electron chi connectivity index (χ2n) is 7.90. The maximum Gasteiger partial charge on any atom is 0.294 e. The van der Waals surface area contributed by atoms with Crippen LogP contribution in [-0.2, 0) is 9.59 Å². The van der Waals surface area contributed by atoms with E-state index in [2.05, 4.69) is 10.3 Å². The van der Waals surface area contributed by atoms with E-state index in [9.17, 15) is 24.5 Å². The predicted molar refractivity (Wildman–Crippen MR) is 141 cm³/mol. The minimum absolute atomic E-state index is 0.119. The number of rotatable bonds is 8. The van der Waals surface area contributed by atoms with Crippen LogP contribution in [-0.4, -0.2) is 45.5 Å². The summed E-state index contributed by atoms with van der Waals surface area (Å²) in [6.07, 6.45) is 2.57. The monoisotopic (exact) mass is 554 g/mol. The number of nitro groups is 1. The molecule has 0 unspecified atom stereocenters. The lowest BCUT2D eigenvalue weighted by Crippen LogP contribution is -2.36. The zero-order valence-corrected chi connectivity index (χ0v) is 21.5. The van der Waals surface area contributed by atoms with E-state index in [0.717, 1.165) is 16.7 Å². The Hall–Kier alpha value is -4.42. The van der Waals surface area contributed by atoms with E-state index in [4.69, 9.17) is 21.1 Å². The summed E-state index contributed by atoms with van der Waals surface area (Å²) in [5.41, 5.74) is 1.66. The first kappa shape index (κ1) is 26.6. The fraction of sp³-hybridized carbons (Fsp3) is 0.120. The van der Waals surface area contributed by atoms with Crippen LogP contribution in [0, 0.1) is 17.0 Å². The Morgan fingerprint density at radius 3 is 2.63 bits per heavy atom. The zero-order chi connectivity index (χ0) is 27.4. The topological polar surface area (TPSA) is 141 Å². The molecule has 0 spiro atoms. The lowest BCUT2D eigenvalue weighted by molar-refractivity contribution is -0.385. The Morgan fingerprint density at radius 1 is 1.18 bits per heavy atom. The largest absolute Gasteiger partial charge is 0.493 e. The molecule has 0 atom stereocenters. The van der Waals surface area contributed by atoms with E-state index < -0.39 is 28.5 Å². The van der Waals surface area contributed by atoms with Gasteiger partial charge in [0.15, 0.2) is 11.5 Å². The molecule has 1 aliphatic rings. The Bertz CT molecular complexity index is 1480. The highest BCUT2D eigenvalue weighted by atomic mass is 35.5. The molecule has 38 heavy (non-hydrogen) atoms. The lowest BCUT2D eigenvalue weighted by Gasteiger charge is -2.13. The molecule has 1 aliphatic heterocycles. The molecule has 1 N–H and O–H groups in total. The number of aromatic nitrogens is 1. The van der Waals surface area contributed by atoms with E-state index in [1.165, 1.54) is 25.3 Å². The summed E-state index contributed by atoms with van der Waals surface area (Å²) in [6.45, 7) is 1.37. The molecule has 4 rings (SSSR count). The van der Waals surface area contributed by atoms with Crippen LogP contribution in [0.15, 0.2) is 59.6 Å². The van der Waals surface area contributed by atoms with Gasteiger partial charge in [-0.1, -0.05) is 23.7 Å². The number of thioether (sulfide) groups is 1. The highest BCUT2D eigenvalue weighted by Gasteiger charge is 2.36. The molecule has 2 heterocycles. The van der Waals surface area contributed by atoms with Crippen LogP contribution in [0.5, 0.6) is 17.4 Å². The first-order chi connectivity index (χ1) is 18.1. The molecule has 2 aromatic carbocycles. The Labute approximate surface area is 225 Å². The number of hydrogen-bond donors (Lipinski definition) is 1. The molecule has 13 heteroatoms. The number of nitrogens with zero attached hydrogens (tertiary/aromatic N) is 3. The van der Waals surface area contributed by atoms with Crippen molar-refractivity contribution >= 4 is 57.9 Å². The number of halogens is 1. The number of methoxy groups -OCH3 is 1. The highest BCUT2D eigenvalue weighted by molar-refractivity contribution is 8.18. The van der Waals surface area contributed by atoms with Crippen molar-refractivity contribution < 1.29 is 28.8 Å². The molecular weight excluding hydrogens is 536 g/mol. The van der Waals surface area contributed by atoms with Gasteiger partial charge in [0.05, 0.1) is 16.9 Å². The average Bonchev–Trinajstić information content (AvgIpc) is 3.14. The van der Waals surface area contributed by atoms with Crippen molar-refractivity contribution in [3.05, 3.63) is 85.9 Å². The number of benzene rings is 2. The number of pyridine rings is 1. The molecule has 1 saturated heterocycles. The summed E-state index contributed by atoms with van der Waals surface area (Å²) < 4.78 is 11.0. The van der Waals surface area contributed by atoms with Gasteiger partial charge in [-0.05, 0) is 60.2 Å². The maximum atomic E-state index is 12.8. The molecule has 0 saturated carbocycles. The van der Waals surface area contributed by atoms with Gasteiger partial charge in [0.2, 0.25) is 11.8 Å². The van der Waals surface area contributed by atoms with Gasteiger partial charge in [-0.2, -0.15) is 0 Å². The third kappa shape index (κ3) is 6.10. The van der Waals surface area contributed by atoms with E-state index in [1.807, 2.05) is 6.92 Å². The van der Waals surface area contributed by atoms with Gasteiger partial charge in [-0.15, -0.1) is 0 Å². The predicted octanol–water partition coefficient (Wildman–Crippen LogP) is 5.43. The number of ether oxygens (including phenoxy) is 2. The molecule has 1 fully saturated rings. The van der Waals surface area contributed by atoms with Crippen LogP contribution in [0.25, 0.3) is 6.08 Å². The lowest BCUT2D eigenvalue weighted by atomic mass is 10.2. The molecule has 3 aromatic rings. The van der Waals surface area contributed by atoms with Gasteiger partial charge >= 0.3 is 0 Å². The first-order valence-electron chi connectivity index (χ1n) is 10.9. The second-order valence-corrected chi connectivity index (χ2v) is 9.30. The highest BCUT2D eigenvalue weighted by Crippen LogP contribution is 2.36. The SMILES string of the molecule is COc1cc(/C=C2/SC(=O)N(CC(=O)Nc3ccc(C)c(Cl)c3)C2=O)ccc1Oc1ccc([N+](=O)[O-])cn1. The number of aryl methyl sites for hydroxylation is 1. The summed E-state index contributed by atoms with van der Waals surface area (Å²) in [4.78, 5) is 52.9. The fourth-order valence-electron chi connectivity index (χ4n) is 3.31. The van der Waals surface area contributed by atoms with E-state index >= 15 is 0 Å². The van der Waals surface area contributed by atoms with E-state index in [1.54, 1.807) is 36.4 Å². The van der Waals surface area contributed by atoms with Gasteiger partial charge in [-0.3, -0.25) is 29.4 Å². The molecule has 0 bridgehead atoms. The average molecular weight is 555 g/mol. The molecule has 11 nitrogen and oxygen atoms in total. The summed E-state index contributed by atoms with van der Waals surface area (Å²) in [5.74, 6) is -0.446. The van der Waals surface area contributed by atoms with Crippen LogP contribution < -0.4 is 14.8 Å². The van der Waals surface area contributed by atoms with Crippen LogP contribution in [0.4, 0.5) is 16.2 Å². The minimum Gasteiger partial charge on any atom is -0.493 e. The molecule has 1 aromatic heterocycles. The Morgan fingerprint density at radius 2 is 1.97 bits per heavy atom. The summed E-state index contributed by atoms with van der Waals surface area (Å²) >= 11 is 6.79. The van der Waals surface area contributed by atoms with Crippen LogP contribution in [0.2, 0.25) is 5.02 Å². The van der Waals surface area contributed by atoms with E-state index in [-0.39, 0.29) is 22.2 Å². The molecular formula is C25H19ClN4O7S. The van der Waals surface area contributed by atoms with Crippen molar-refractivity contribution in [2.75, 3.05) is 19.0 Å². The van der Waals surface area contributed by atoms with Crippen molar-refractivity contribution in [1.29, 1.82) is 0 Å². The standard InChI is InChI=1S/C25H19ClN4O7S/c1-14-3-5-16(11-18(14)26)28-22(31)13-29-24(32)21(38-25(29)33)10-15-4-7-19(20(9-15)36-2)37-23-8-6-17(12-27-23)30(34)35/h3-12H,13H2,1-2H3,(H,28,31)/b21-10+. The number of carbonyl (C=O) groups excluding carboxylic acids is 3. The number of carbonyl (C=O) groups is 3. The maximum absolute atomic E-state index is 12.8. The minimum atomic E-state index is -0.605. The van der Waals surface area contributed by atoms with Crippen molar-refractivity contribution in [3.8, 4) is 17.4 Å². The first-order valence-corrected chi connectivity index (χ1v) is 12.1. The Kier molecular flexibility index (Phi) is 7.93. The van der Waals surface area contributed by atoms with Gasteiger partial charge in [0.25, 0.3) is 16.8 Å². The van der Waals surface area contributed by atoms with Crippen LogP contribution >= 0.6 is 23.4 Å². The van der Waals surface area contributed by atoms with Crippen LogP contribution in [0.1, 0.15) is 11.1 Å². The molecule has 0 aliphatic carbocycles. The smallest absolute Gasteiger partial charge is 0.294 e. The number of hydrogen-bond acceptors (Lipinski definition) is 9. The van der Waals surface area contributed by atoms with Crippen molar-refractivity contribution in [2.45, 2.75) is 6.92 Å². The number of nitrogens with one attached hydrogen (secondary N) is 1. The van der Waals surface area contributed by atoms with Crippen molar-refractivity contribution in [3.63, 3.8) is 0 Å². The third-order valence-corrected chi connectivity index (χ3v) is 6.58. The molecule has 0 radical (unpaired) electrons. The molecule has 194 valence electrons. The number of amides is 3. The number of imide groups is 1. The zero-order valence-electron chi connectivity index (χ0n) is 20.0. The van der Waals surface area contributed by atoms with Gasteiger partial charge in [0.1, 0.15) is 12.7 Å². The fourth-order valence-corrected chi connectivity index (χ4v) is 4.33. The van der Waals surface area contributed by atoms with Crippen LogP contribution in [0.3, 0.4) is 0 Å². The van der Waals surface area contributed by atoms with Crippen molar-refractivity contribution in [1.82, 2.24) is 9.88 Å². The quantitative estimate of drug-likeness (QED) is 0.219. The van der Waals surface area contributed by atoms with Gasteiger partial charge < -0.3 is 14.8 Å². The summed E-state index contributed by atoms with van der Waals surface area (Å²) in [5, 5.41) is 13.3. The second kappa shape index (κ2) is 11.3. The number of anilines is 1. The van der Waals surface area contributed by atoms with Gasteiger partial charge in [0, 0.05) is 22.8 Å². The van der Waals surface area contributed by atoms with E-state index in [0.29, 0.717) is 33.8 Å².